The molecule has 1 aliphatic heterocycles. The molecule has 8 aromatic rings. The Morgan fingerprint density at radius 1 is 0.510 bits per heavy atom. The van der Waals surface area contributed by atoms with Crippen LogP contribution in [0.25, 0.3) is 56.3 Å². The molecule has 0 fully saturated rings. The van der Waals surface area contributed by atoms with Crippen LogP contribution in [0.15, 0.2) is 144 Å². The second-order valence-electron chi connectivity index (χ2n) is 12.7. The van der Waals surface area contributed by atoms with Crippen LogP contribution in [0.3, 0.4) is 0 Å². The van der Waals surface area contributed by atoms with Gasteiger partial charge in [-0.3, -0.25) is 0 Å². The zero-order valence-corrected chi connectivity index (χ0v) is 27.8. The Kier molecular flexibility index (Phi) is 6.39. The van der Waals surface area contributed by atoms with Crippen LogP contribution in [0.2, 0.25) is 0 Å². The lowest BCUT2D eigenvalue weighted by Crippen LogP contribution is -2.32. The number of ether oxygens (including phenoxy) is 3. The Bertz CT molecular complexity index is 2580. The molecule has 1 unspecified atom stereocenters. The van der Waals surface area contributed by atoms with E-state index in [9.17, 15) is 0 Å². The van der Waals surface area contributed by atoms with Crippen LogP contribution in [-0.2, 0) is 5.41 Å². The number of hydrogen-bond acceptors (Lipinski definition) is 7. The molecule has 244 valence electrons. The summed E-state index contributed by atoms with van der Waals surface area (Å²) in [6, 6.07) is 45.1. The third kappa shape index (κ3) is 4.21. The Hall–Kier alpha value is -6.73. The number of para-hydroxylation sites is 2. The topological polar surface area (TPSA) is 79.5 Å². The third-order valence-corrected chi connectivity index (χ3v) is 10.1. The van der Waals surface area contributed by atoms with E-state index >= 15 is 0 Å². The number of methoxy groups -OCH3 is 2. The quantitative estimate of drug-likeness (QED) is 0.181. The lowest BCUT2D eigenvalue weighted by atomic mass is 9.65. The normalized spacial score (nSPS) is 15.1. The maximum atomic E-state index is 6.95. The summed E-state index contributed by atoms with van der Waals surface area (Å²) in [4.78, 5) is 15.2. The van der Waals surface area contributed by atoms with Crippen molar-refractivity contribution in [1.82, 2.24) is 15.0 Å². The summed E-state index contributed by atoms with van der Waals surface area (Å²) < 4.78 is 23.7. The Labute approximate surface area is 293 Å². The van der Waals surface area contributed by atoms with Crippen molar-refractivity contribution >= 4 is 11.0 Å². The number of furan rings is 1. The van der Waals surface area contributed by atoms with Gasteiger partial charge in [0, 0.05) is 27.6 Å². The van der Waals surface area contributed by atoms with Gasteiger partial charge in [0.25, 0.3) is 0 Å². The van der Waals surface area contributed by atoms with E-state index < -0.39 is 5.41 Å². The SMILES string of the molecule is COc1ccc(-c2nc(-c3ccc(OC)cc3)nc(-c3cccc4c3Oc3ccccc3C43c4ccccc4-c4c3ccc3occc43)n2)cc1. The van der Waals surface area contributed by atoms with Crippen LogP contribution in [0.5, 0.6) is 23.0 Å². The molecule has 1 atom stereocenters. The van der Waals surface area contributed by atoms with Crippen LogP contribution in [0, 0.1) is 0 Å². The summed E-state index contributed by atoms with van der Waals surface area (Å²) in [6.07, 6.45) is 1.77. The molecule has 0 radical (unpaired) electrons. The monoisotopic (exact) mass is 663 g/mol. The van der Waals surface area contributed by atoms with E-state index in [0.29, 0.717) is 23.2 Å². The number of aromatic nitrogens is 3. The van der Waals surface area contributed by atoms with Gasteiger partial charge in [-0.25, -0.2) is 15.0 Å². The molecule has 10 rings (SSSR count). The van der Waals surface area contributed by atoms with E-state index in [0.717, 1.165) is 56.0 Å². The van der Waals surface area contributed by atoms with Crippen molar-refractivity contribution in [3.05, 3.63) is 162 Å². The molecule has 3 heterocycles. The van der Waals surface area contributed by atoms with Crippen LogP contribution < -0.4 is 14.2 Å². The van der Waals surface area contributed by atoms with Gasteiger partial charge in [-0.1, -0.05) is 60.7 Å². The first-order valence-corrected chi connectivity index (χ1v) is 16.7. The van der Waals surface area contributed by atoms with Crippen molar-refractivity contribution in [2.45, 2.75) is 5.41 Å². The van der Waals surface area contributed by atoms with Crippen molar-refractivity contribution in [1.29, 1.82) is 0 Å². The largest absolute Gasteiger partial charge is 0.497 e. The molecule has 0 N–H and O–H groups in total. The van der Waals surface area contributed by atoms with Crippen LogP contribution in [0.1, 0.15) is 22.3 Å². The summed E-state index contributed by atoms with van der Waals surface area (Å²) in [7, 11) is 3.31. The van der Waals surface area contributed by atoms with E-state index in [4.69, 9.17) is 33.6 Å². The summed E-state index contributed by atoms with van der Waals surface area (Å²) >= 11 is 0. The Morgan fingerprint density at radius 2 is 1.12 bits per heavy atom. The fourth-order valence-corrected chi connectivity index (χ4v) is 7.87. The lowest BCUT2D eigenvalue weighted by molar-refractivity contribution is 0.415. The highest BCUT2D eigenvalue weighted by atomic mass is 16.5. The summed E-state index contributed by atoms with van der Waals surface area (Å²) in [5, 5.41) is 1.09. The highest BCUT2D eigenvalue weighted by Crippen LogP contribution is 2.64. The fraction of sp³-hybridized carbons (Fsp3) is 0.0682. The van der Waals surface area contributed by atoms with Gasteiger partial charge in [-0.05, 0) is 95.1 Å². The molecule has 2 aromatic heterocycles. The smallest absolute Gasteiger partial charge is 0.167 e. The van der Waals surface area contributed by atoms with Crippen molar-refractivity contribution < 1.29 is 18.6 Å². The Balaban J connectivity index is 1.25. The van der Waals surface area contributed by atoms with Crippen molar-refractivity contribution in [2.24, 2.45) is 0 Å². The first-order chi connectivity index (χ1) is 25.2. The van der Waals surface area contributed by atoms with E-state index in [2.05, 4.69) is 66.7 Å². The van der Waals surface area contributed by atoms with Crippen LogP contribution in [0.4, 0.5) is 0 Å². The maximum absolute atomic E-state index is 6.95. The first-order valence-electron chi connectivity index (χ1n) is 16.7. The Morgan fingerprint density at radius 3 is 1.82 bits per heavy atom. The minimum absolute atomic E-state index is 0.504. The second kappa shape index (κ2) is 11.1. The van der Waals surface area contributed by atoms with Gasteiger partial charge in [0.1, 0.15) is 28.6 Å². The fourth-order valence-electron chi connectivity index (χ4n) is 7.87. The molecule has 0 saturated heterocycles. The van der Waals surface area contributed by atoms with E-state index in [1.807, 2.05) is 66.7 Å². The minimum atomic E-state index is -0.664. The number of fused-ring (bicyclic) bond motifs is 11. The molecular formula is C44H29N3O4. The summed E-state index contributed by atoms with van der Waals surface area (Å²) in [5.74, 6) is 4.58. The van der Waals surface area contributed by atoms with Gasteiger partial charge in [0.2, 0.25) is 0 Å². The summed E-state index contributed by atoms with van der Waals surface area (Å²) in [6.45, 7) is 0. The average molecular weight is 664 g/mol. The lowest BCUT2D eigenvalue weighted by Gasteiger charge is -2.39. The minimum Gasteiger partial charge on any atom is -0.497 e. The molecule has 7 nitrogen and oxygen atoms in total. The zero-order valence-electron chi connectivity index (χ0n) is 27.8. The van der Waals surface area contributed by atoms with Crippen LogP contribution >= 0.6 is 0 Å². The van der Waals surface area contributed by atoms with Gasteiger partial charge >= 0.3 is 0 Å². The molecule has 6 aromatic carbocycles. The first kappa shape index (κ1) is 29.2. The highest BCUT2D eigenvalue weighted by molar-refractivity contribution is 6.03. The average Bonchev–Trinajstić information content (AvgIpc) is 3.79. The predicted molar refractivity (Wildman–Crippen MR) is 196 cm³/mol. The zero-order chi connectivity index (χ0) is 34.1. The van der Waals surface area contributed by atoms with Gasteiger partial charge < -0.3 is 18.6 Å². The van der Waals surface area contributed by atoms with Crippen molar-refractivity contribution in [3.8, 4) is 68.3 Å². The molecule has 0 saturated carbocycles. The van der Waals surface area contributed by atoms with Gasteiger partial charge in [-0.15, -0.1) is 0 Å². The number of benzene rings is 6. The standard InChI is InChI=1S/C44H29N3O4/c1-48-28-18-14-26(15-19-28)41-45-42(27-16-20-29(49-2)21-17-27)47-43(46-41)32-9-7-12-36-40(32)51-38-13-6-5-11-34(38)44(36)33-10-4-3-8-30(33)39-31-24-25-50-37(31)23-22-35(39)44/h3-25H,1-2H3. The van der Waals surface area contributed by atoms with E-state index in [1.54, 1.807) is 20.5 Å². The van der Waals surface area contributed by atoms with Gasteiger partial charge in [0.15, 0.2) is 17.5 Å². The summed E-state index contributed by atoms with van der Waals surface area (Å²) in [5.41, 5.74) is 9.46. The van der Waals surface area contributed by atoms with Crippen molar-refractivity contribution in [2.75, 3.05) is 14.2 Å². The maximum Gasteiger partial charge on any atom is 0.167 e. The molecule has 7 heteroatoms. The molecule has 1 aliphatic carbocycles. The molecule has 51 heavy (non-hydrogen) atoms. The molecule has 0 bridgehead atoms. The number of nitrogens with zero attached hydrogens (tertiary/aromatic N) is 3. The van der Waals surface area contributed by atoms with Gasteiger partial charge in [0.05, 0.1) is 31.5 Å². The van der Waals surface area contributed by atoms with Crippen LogP contribution in [-0.4, -0.2) is 29.2 Å². The van der Waals surface area contributed by atoms with E-state index in [-0.39, 0.29) is 0 Å². The van der Waals surface area contributed by atoms with E-state index in [1.165, 1.54) is 22.3 Å². The second-order valence-corrected chi connectivity index (χ2v) is 12.7. The molecule has 0 amide bonds. The molecular weight excluding hydrogens is 635 g/mol. The molecule has 1 spiro atoms. The van der Waals surface area contributed by atoms with Gasteiger partial charge in [-0.2, -0.15) is 0 Å². The number of hydrogen-bond donors (Lipinski definition) is 0. The highest BCUT2D eigenvalue weighted by Gasteiger charge is 2.52. The molecule has 2 aliphatic rings. The predicted octanol–water partition coefficient (Wildman–Crippen LogP) is 10.1. The van der Waals surface area contributed by atoms with Crippen molar-refractivity contribution in [3.63, 3.8) is 0 Å². The number of rotatable bonds is 5. The third-order valence-electron chi connectivity index (χ3n) is 10.1.